The average Bonchev–Trinajstić information content (AvgIpc) is 2.09. The Kier molecular flexibility index (Phi) is 4.83. The van der Waals surface area contributed by atoms with E-state index in [9.17, 15) is 12.8 Å². The van der Waals surface area contributed by atoms with Crippen molar-refractivity contribution in [2.45, 2.75) is 6.42 Å². The highest BCUT2D eigenvalue weighted by Gasteiger charge is 2.05. The van der Waals surface area contributed by atoms with E-state index in [0.29, 0.717) is 0 Å². The first-order chi connectivity index (χ1) is 7.37. The van der Waals surface area contributed by atoms with Crippen LogP contribution < -0.4 is 4.74 Å². The molecule has 0 aliphatic rings. The van der Waals surface area contributed by atoms with E-state index in [2.05, 4.69) is 0 Å². The van der Waals surface area contributed by atoms with Crippen molar-refractivity contribution in [3.8, 4) is 5.75 Å². The minimum atomic E-state index is -3.50. The number of hydrogen-bond donors (Lipinski definition) is 0. The van der Waals surface area contributed by atoms with Crippen molar-refractivity contribution in [2.75, 3.05) is 12.4 Å². The molecule has 1 aromatic carbocycles. The number of rotatable bonds is 5. The molecule has 0 aliphatic carbocycles. The second-order valence-corrected chi connectivity index (χ2v) is 6.38. The molecule has 0 amide bonds. The summed E-state index contributed by atoms with van der Waals surface area (Å²) in [4.78, 5) is 0. The fourth-order valence-corrected chi connectivity index (χ4v) is 2.03. The highest BCUT2D eigenvalue weighted by Crippen LogP contribution is 2.20. The topological polar surface area (TPSA) is 43.4 Å². The number of benzene rings is 1. The van der Waals surface area contributed by atoms with E-state index in [1.165, 1.54) is 12.1 Å². The first-order valence-corrected chi connectivity index (χ1v) is 7.24. The minimum Gasteiger partial charge on any atom is -0.493 e. The lowest BCUT2D eigenvalue weighted by atomic mass is 10.3. The van der Waals surface area contributed by atoms with Crippen LogP contribution in [0.15, 0.2) is 18.2 Å². The van der Waals surface area contributed by atoms with Gasteiger partial charge in [-0.1, -0.05) is 11.6 Å². The largest absolute Gasteiger partial charge is 0.493 e. The Morgan fingerprint density at radius 2 is 2.00 bits per heavy atom. The molecule has 0 spiro atoms. The maximum absolute atomic E-state index is 12.8. The van der Waals surface area contributed by atoms with E-state index >= 15 is 0 Å². The highest BCUT2D eigenvalue weighted by molar-refractivity contribution is 8.13. The van der Waals surface area contributed by atoms with Crippen LogP contribution in [0.3, 0.4) is 0 Å². The highest BCUT2D eigenvalue weighted by atomic mass is 35.7. The minimum absolute atomic E-state index is 0.131. The smallest absolute Gasteiger partial charge is 0.232 e. The standard InChI is InChI=1S/C9H9Cl2FO3S/c10-7-4-8(12)6-9(5-7)15-2-1-3-16(11,13)14/h4-6H,1-3H2. The quantitative estimate of drug-likeness (QED) is 0.618. The lowest BCUT2D eigenvalue weighted by Gasteiger charge is -2.05. The lowest BCUT2D eigenvalue weighted by molar-refractivity contribution is 0.316. The van der Waals surface area contributed by atoms with Crippen LogP contribution >= 0.6 is 22.3 Å². The third kappa shape index (κ3) is 5.53. The molecule has 7 heteroatoms. The van der Waals surface area contributed by atoms with Gasteiger partial charge in [-0.25, -0.2) is 12.8 Å². The SMILES string of the molecule is O=S(=O)(Cl)CCCOc1cc(F)cc(Cl)c1. The van der Waals surface area contributed by atoms with E-state index in [1.54, 1.807) is 0 Å². The fourth-order valence-electron chi connectivity index (χ4n) is 1.03. The zero-order chi connectivity index (χ0) is 12.2. The van der Waals surface area contributed by atoms with Crippen LogP contribution in [0.5, 0.6) is 5.75 Å². The Hall–Kier alpha value is -0.520. The van der Waals surface area contributed by atoms with Crippen LogP contribution in [0.2, 0.25) is 5.02 Å². The number of ether oxygens (including phenoxy) is 1. The maximum atomic E-state index is 12.8. The molecule has 0 radical (unpaired) electrons. The molecule has 0 bridgehead atoms. The van der Waals surface area contributed by atoms with Crippen LogP contribution in [0, 0.1) is 5.82 Å². The van der Waals surface area contributed by atoms with Crippen molar-refractivity contribution >= 4 is 31.3 Å². The zero-order valence-corrected chi connectivity index (χ0v) is 10.4. The summed E-state index contributed by atoms with van der Waals surface area (Å²) in [6.07, 6.45) is 0.236. The molecule has 0 unspecified atom stereocenters. The van der Waals surface area contributed by atoms with Crippen LogP contribution in [0.25, 0.3) is 0 Å². The Bertz CT molecular complexity index is 442. The van der Waals surface area contributed by atoms with Gasteiger partial charge in [0.25, 0.3) is 0 Å². The average molecular weight is 287 g/mol. The molecule has 0 heterocycles. The van der Waals surface area contributed by atoms with Crippen LogP contribution in [0.1, 0.15) is 6.42 Å². The van der Waals surface area contributed by atoms with Gasteiger partial charge < -0.3 is 4.74 Å². The third-order valence-electron chi connectivity index (χ3n) is 1.64. The summed E-state index contributed by atoms with van der Waals surface area (Å²) in [7, 11) is 1.50. The molecule has 3 nitrogen and oxygen atoms in total. The lowest BCUT2D eigenvalue weighted by Crippen LogP contribution is -2.04. The molecule has 0 fully saturated rings. The van der Waals surface area contributed by atoms with E-state index in [1.807, 2.05) is 0 Å². The molecule has 0 atom stereocenters. The van der Waals surface area contributed by atoms with Gasteiger partial charge in [0.05, 0.1) is 12.4 Å². The molecule has 16 heavy (non-hydrogen) atoms. The van der Waals surface area contributed by atoms with Gasteiger partial charge in [-0.2, -0.15) is 0 Å². The van der Waals surface area contributed by atoms with Gasteiger partial charge >= 0.3 is 0 Å². The summed E-state index contributed by atoms with van der Waals surface area (Å²) >= 11 is 5.60. The Morgan fingerprint density at radius 1 is 1.31 bits per heavy atom. The number of halogens is 3. The first kappa shape index (κ1) is 13.5. The number of hydrogen-bond acceptors (Lipinski definition) is 3. The van der Waals surface area contributed by atoms with Crippen molar-refractivity contribution in [1.82, 2.24) is 0 Å². The summed E-state index contributed by atoms with van der Waals surface area (Å²) in [5.41, 5.74) is 0. The molecular formula is C9H9Cl2FO3S. The monoisotopic (exact) mass is 286 g/mol. The van der Waals surface area contributed by atoms with Gasteiger partial charge in [-0.05, 0) is 18.6 Å². The van der Waals surface area contributed by atoms with Crippen molar-refractivity contribution in [3.05, 3.63) is 29.0 Å². The second kappa shape index (κ2) is 5.70. The molecule has 1 rings (SSSR count). The first-order valence-electron chi connectivity index (χ1n) is 4.38. The molecule has 0 aliphatic heterocycles. The fraction of sp³-hybridized carbons (Fsp3) is 0.333. The maximum Gasteiger partial charge on any atom is 0.232 e. The summed E-state index contributed by atoms with van der Waals surface area (Å²) in [6, 6.07) is 3.76. The second-order valence-electron chi connectivity index (χ2n) is 3.05. The van der Waals surface area contributed by atoms with E-state index in [-0.39, 0.29) is 29.6 Å². The molecule has 90 valence electrons. The van der Waals surface area contributed by atoms with Crippen molar-refractivity contribution < 1.29 is 17.5 Å². The van der Waals surface area contributed by atoms with Gasteiger partial charge in [0.2, 0.25) is 9.05 Å². The normalized spacial score (nSPS) is 11.4. The van der Waals surface area contributed by atoms with Crippen molar-refractivity contribution in [3.63, 3.8) is 0 Å². The van der Waals surface area contributed by atoms with Crippen LogP contribution in [-0.4, -0.2) is 20.8 Å². The summed E-state index contributed by atoms with van der Waals surface area (Å²) in [5, 5.41) is 0.222. The molecule has 0 aromatic heterocycles. The molecule has 0 saturated carbocycles. The van der Waals surface area contributed by atoms with Crippen LogP contribution in [0.4, 0.5) is 4.39 Å². The Morgan fingerprint density at radius 3 is 2.56 bits per heavy atom. The molecule has 0 N–H and O–H groups in total. The van der Waals surface area contributed by atoms with E-state index in [4.69, 9.17) is 27.0 Å². The summed E-state index contributed by atoms with van der Waals surface area (Å²) < 4.78 is 39.1. The summed E-state index contributed by atoms with van der Waals surface area (Å²) in [6.45, 7) is 0.131. The van der Waals surface area contributed by atoms with Gasteiger partial charge in [-0.3, -0.25) is 0 Å². The molecule has 0 saturated heterocycles. The van der Waals surface area contributed by atoms with Crippen molar-refractivity contribution in [2.24, 2.45) is 0 Å². The third-order valence-corrected chi connectivity index (χ3v) is 3.09. The summed E-state index contributed by atoms with van der Waals surface area (Å²) in [5.74, 6) is -0.429. The predicted molar refractivity (Wildman–Crippen MR) is 61.2 cm³/mol. The zero-order valence-electron chi connectivity index (χ0n) is 8.12. The van der Waals surface area contributed by atoms with E-state index < -0.39 is 14.9 Å². The van der Waals surface area contributed by atoms with Gasteiger partial charge in [0, 0.05) is 21.8 Å². The molecular weight excluding hydrogens is 278 g/mol. The van der Waals surface area contributed by atoms with E-state index in [0.717, 1.165) is 6.07 Å². The van der Waals surface area contributed by atoms with Crippen molar-refractivity contribution in [1.29, 1.82) is 0 Å². The predicted octanol–water partition coefficient (Wildman–Crippen LogP) is 2.82. The Balaban J connectivity index is 2.43. The van der Waals surface area contributed by atoms with Gasteiger partial charge in [0.15, 0.2) is 0 Å². The Labute approximate surface area is 103 Å². The van der Waals surface area contributed by atoms with Gasteiger partial charge in [-0.15, -0.1) is 0 Å². The van der Waals surface area contributed by atoms with Crippen LogP contribution in [-0.2, 0) is 9.05 Å². The van der Waals surface area contributed by atoms with Gasteiger partial charge in [0.1, 0.15) is 11.6 Å². The molecule has 1 aromatic rings.